The molecule has 0 bridgehead atoms. The Kier molecular flexibility index (Phi) is 6.64. The Hall–Kier alpha value is -2.03. The van der Waals surface area contributed by atoms with Gasteiger partial charge in [-0.15, -0.1) is 0 Å². The van der Waals surface area contributed by atoms with Crippen LogP contribution in [0.15, 0.2) is 47.4 Å². The molecule has 1 saturated heterocycles. The van der Waals surface area contributed by atoms with Gasteiger partial charge >= 0.3 is 0 Å². The fourth-order valence-electron chi connectivity index (χ4n) is 3.33. The van der Waals surface area contributed by atoms with E-state index < -0.39 is 15.8 Å². The highest BCUT2D eigenvalue weighted by Crippen LogP contribution is 2.18. The first kappa shape index (κ1) is 20.7. The molecule has 8 heteroatoms. The molecule has 1 heterocycles. The SMILES string of the molecule is Cc1ccc(F)cc1S(=O)(=O)NCCCN1CCN(c2ccc(F)cc2)CC1. The van der Waals surface area contributed by atoms with Crippen LogP contribution in [0, 0.1) is 18.6 Å². The van der Waals surface area contributed by atoms with E-state index in [4.69, 9.17) is 0 Å². The number of hydrogen-bond donors (Lipinski definition) is 1. The molecule has 3 rings (SSSR count). The fraction of sp³-hybridized carbons (Fsp3) is 0.400. The topological polar surface area (TPSA) is 52.7 Å². The molecule has 1 aliphatic rings. The third kappa shape index (κ3) is 5.27. The first-order valence-electron chi connectivity index (χ1n) is 9.34. The van der Waals surface area contributed by atoms with Crippen LogP contribution in [0.1, 0.15) is 12.0 Å². The van der Waals surface area contributed by atoms with Gasteiger partial charge in [0, 0.05) is 38.4 Å². The normalized spacial score (nSPS) is 15.8. The predicted molar refractivity (Wildman–Crippen MR) is 106 cm³/mol. The molecule has 0 atom stereocenters. The molecule has 0 spiro atoms. The third-order valence-corrected chi connectivity index (χ3v) is 6.55. The van der Waals surface area contributed by atoms with Crippen LogP contribution < -0.4 is 9.62 Å². The number of rotatable bonds is 7. The quantitative estimate of drug-likeness (QED) is 0.715. The Morgan fingerprint density at radius 3 is 2.29 bits per heavy atom. The summed E-state index contributed by atoms with van der Waals surface area (Å²) in [6.45, 7) is 6.16. The van der Waals surface area contributed by atoms with Crippen LogP contribution in [0.25, 0.3) is 0 Å². The minimum Gasteiger partial charge on any atom is -0.369 e. The van der Waals surface area contributed by atoms with Gasteiger partial charge in [0.05, 0.1) is 4.90 Å². The van der Waals surface area contributed by atoms with Crippen molar-refractivity contribution in [3.63, 3.8) is 0 Å². The van der Waals surface area contributed by atoms with Crippen molar-refractivity contribution >= 4 is 15.7 Å². The molecule has 5 nitrogen and oxygen atoms in total. The highest BCUT2D eigenvalue weighted by atomic mass is 32.2. The molecule has 1 aliphatic heterocycles. The number of sulfonamides is 1. The molecule has 0 aliphatic carbocycles. The molecule has 1 fully saturated rings. The molecule has 2 aromatic carbocycles. The Labute approximate surface area is 165 Å². The van der Waals surface area contributed by atoms with Gasteiger partial charge in [0.25, 0.3) is 0 Å². The molecule has 0 unspecified atom stereocenters. The van der Waals surface area contributed by atoms with Gasteiger partial charge in [-0.3, -0.25) is 4.90 Å². The van der Waals surface area contributed by atoms with Gasteiger partial charge in [-0.25, -0.2) is 21.9 Å². The number of halogens is 2. The van der Waals surface area contributed by atoms with Crippen LogP contribution >= 0.6 is 0 Å². The predicted octanol–water partition coefficient (Wildman–Crippen LogP) is 2.76. The second kappa shape index (κ2) is 8.98. The minimum atomic E-state index is -3.71. The van der Waals surface area contributed by atoms with E-state index in [1.807, 2.05) is 0 Å². The summed E-state index contributed by atoms with van der Waals surface area (Å²) in [6, 6.07) is 10.3. The van der Waals surface area contributed by atoms with Crippen molar-refractivity contribution in [3.8, 4) is 0 Å². The van der Waals surface area contributed by atoms with E-state index in [0.29, 0.717) is 18.5 Å². The van der Waals surface area contributed by atoms with Gasteiger partial charge in [-0.1, -0.05) is 6.07 Å². The number of hydrogen-bond acceptors (Lipinski definition) is 4. The lowest BCUT2D eigenvalue weighted by Gasteiger charge is -2.36. The van der Waals surface area contributed by atoms with Gasteiger partial charge in [-0.2, -0.15) is 0 Å². The van der Waals surface area contributed by atoms with Crippen molar-refractivity contribution in [3.05, 3.63) is 59.7 Å². The third-order valence-electron chi connectivity index (χ3n) is 4.95. The first-order chi connectivity index (χ1) is 13.3. The lowest BCUT2D eigenvalue weighted by molar-refractivity contribution is 0.255. The van der Waals surface area contributed by atoms with Gasteiger partial charge in [0.1, 0.15) is 11.6 Å². The first-order valence-corrected chi connectivity index (χ1v) is 10.8. The van der Waals surface area contributed by atoms with E-state index in [0.717, 1.165) is 44.5 Å². The molecule has 28 heavy (non-hydrogen) atoms. The van der Waals surface area contributed by atoms with Crippen LogP contribution in [0.4, 0.5) is 14.5 Å². The summed E-state index contributed by atoms with van der Waals surface area (Å²) in [4.78, 5) is 4.48. The zero-order valence-corrected chi connectivity index (χ0v) is 16.7. The lowest BCUT2D eigenvalue weighted by Crippen LogP contribution is -2.47. The minimum absolute atomic E-state index is 0.0135. The van der Waals surface area contributed by atoms with Crippen LogP contribution in [-0.2, 0) is 10.0 Å². The molecule has 0 saturated carbocycles. The van der Waals surface area contributed by atoms with Crippen LogP contribution in [0.3, 0.4) is 0 Å². The van der Waals surface area contributed by atoms with E-state index in [2.05, 4.69) is 14.5 Å². The van der Waals surface area contributed by atoms with Crippen LogP contribution in [0.2, 0.25) is 0 Å². The summed E-state index contributed by atoms with van der Waals surface area (Å²) in [5.74, 6) is -0.803. The molecule has 152 valence electrons. The fourth-order valence-corrected chi connectivity index (χ4v) is 4.66. The smallest absolute Gasteiger partial charge is 0.240 e. The second-order valence-corrected chi connectivity index (χ2v) is 8.70. The maximum Gasteiger partial charge on any atom is 0.240 e. The molecular weight excluding hydrogens is 384 g/mol. The molecule has 1 N–H and O–H groups in total. The Balaban J connectivity index is 1.42. The average molecular weight is 410 g/mol. The van der Waals surface area contributed by atoms with E-state index in [-0.39, 0.29) is 10.7 Å². The van der Waals surface area contributed by atoms with E-state index in [1.54, 1.807) is 19.1 Å². The standard InChI is InChI=1S/C20H25F2N3O2S/c1-16-3-4-18(22)15-20(16)28(26,27)23-9-2-10-24-11-13-25(14-12-24)19-7-5-17(21)6-8-19/h3-8,15,23H,2,9-14H2,1H3. The largest absolute Gasteiger partial charge is 0.369 e. The Morgan fingerprint density at radius 1 is 0.964 bits per heavy atom. The number of nitrogens with one attached hydrogen (secondary N) is 1. The van der Waals surface area contributed by atoms with Crippen molar-refractivity contribution in [1.82, 2.24) is 9.62 Å². The van der Waals surface area contributed by atoms with E-state index in [1.165, 1.54) is 24.3 Å². The van der Waals surface area contributed by atoms with Crippen LogP contribution in [0.5, 0.6) is 0 Å². The van der Waals surface area contributed by atoms with E-state index >= 15 is 0 Å². The summed E-state index contributed by atoms with van der Waals surface area (Å²) in [5, 5.41) is 0. The van der Waals surface area contributed by atoms with Gasteiger partial charge in [0.2, 0.25) is 10.0 Å². The van der Waals surface area contributed by atoms with Crippen LogP contribution in [-0.4, -0.2) is 52.6 Å². The summed E-state index contributed by atoms with van der Waals surface area (Å²) < 4.78 is 53.7. The molecule has 0 amide bonds. The summed E-state index contributed by atoms with van der Waals surface area (Å²) in [6.07, 6.45) is 0.671. The summed E-state index contributed by atoms with van der Waals surface area (Å²) in [7, 11) is -3.71. The van der Waals surface area contributed by atoms with Crippen molar-refractivity contribution in [2.75, 3.05) is 44.2 Å². The number of piperazine rings is 1. The molecule has 2 aromatic rings. The van der Waals surface area contributed by atoms with Crippen molar-refractivity contribution < 1.29 is 17.2 Å². The zero-order valence-electron chi connectivity index (χ0n) is 15.9. The van der Waals surface area contributed by atoms with Gasteiger partial charge < -0.3 is 4.90 Å². The van der Waals surface area contributed by atoms with Crippen molar-refractivity contribution in [2.45, 2.75) is 18.2 Å². The molecule has 0 radical (unpaired) electrons. The monoisotopic (exact) mass is 409 g/mol. The zero-order chi connectivity index (χ0) is 20.1. The van der Waals surface area contributed by atoms with E-state index in [9.17, 15) is 17.2 Å². The van der Waals surface area contributed by atoms with Crippen molar-refractivity contribution in [2.24, 2.45) is 0 Å². The number of nitrogens with zero attached hydrogens (tertiary/aromatic N) is 2. The van der Waals surface area contributed by atoms with Gasteiger partial charge in [0.15, 0.2) is 0 Å². The summed E-state index contributed by atoms with van der Waals surface area (Å²) in [5.41, 5.74) is 1.53. The number of benzene rings is 2. The number of aryl methyl sites for hydroxylation is 1. The highest BCUT2D eigenvalue weighted by molar-refractivity contribution is 7.89. The summed E-state index contributed by atoms with van der Waals surface area (Å²) >= 11 is 0. The lowest BCUT2D eigenvalue weighted by atomic mass is 10.2. The van der Waals surface area contributed by atoms with Gasteiger partial charge in [-0.05, 0) is 61.9 Å². The average Bonchev–Trinajstić information content (AvgIpc) is 2.68. The Bertz CT molecular complexity index is 896. The Morgan fingerprint density at radius 2 is 1.61 bits per heavy atom. The van der Waals surface area contributed by atoms with Crippen molar-refractivity contribution in [1.29, 1.82) is 0 Å². The highest BCUT2D eigenvalue weighted by Gasteiger charge is 2.19. The molecular formula is C20H25F2N3O2S. The molecule has 0 aromatic heterocycles. The maximum absolute atomic E-state index is 13.4. The second-order valence-electron chi connectivity index (χ2n) is 6.97. The maximum atomic E-state index is 13.4. The number of anilines is 1.